The van der Waals surface area contributed by atoms with Crippen molar-refractivity contribution in [3.8, 4) is 5.75 Å². The van der Waals surface area contributed by atoms with Gasteiger partial charge in [0, 0.05) is 6.04 Å². The van der Waals surface area contributed by atoms with Crippen LogP contribution in [0.1, 0.15) is 43.9 Å². The summed E-state index contributed by atoms with van der Waals surface area (Å²) in [5, 5.41) is 3.51. The first-order valence-corrected chi connectivity index (χ1v) is 7.05. The van der Waals surface area contributed by atoms with E-state index in [1.54, 1.807) is 12.1 Å². The van der Waals surface area contributed by atoms with E-state index in [0.29, 0.717) is 12.0 Å². The zero-order valence-corrected chi connectivity index (χ0v) is 11.5. The predicted octanol–water partition coefficient (Wildman–Crippen LogP) is 3.91. The lowest BCUT2D eigenvalue weighted by Crippen LogP contribution is -2.31. The molecular formula is C15H21F2NO. The summed E-state index contributed by atoms with van der Waals surface area (Å²) in [6.45, 7) is 2.31. The summed E-state index contributed by atoms with van der Waals surface area (Å²) in [5.74, 6) is 0.901. The number of benzene rings is 1. The highest BCUT2D eigenvalue weighted by Gasteiger charge is 2.34. The average Bonchev–Trinajstić information content (AvgIpc) is 2.78. The highest BCUT2D eigenvalue weighted by atomic mass is 19.3. The molecule has 2 nitrogen and oxygen atoms in total. The fourth-order valence-electron chi connectivity index (χ4n) is 3.06. The minimum atomic E-state index is -2.74. The predicted molar refractivity (Wildman–Crippen MR) is 71.6 cm³/mol. The van der Waals surface area contributed by atoms with Gasteiger partial charge in [0.2, 0.25) is 0 Å². The normalized spacial score (nSPS) is 24.3. The van der Waals surface area contributed by atoms with Gasteiger partial charge in [-0.3, -0.25) is 0 Å². The molecule has 4 heteroatoms. The second-order valence-electron chi connectivity index (χ2n) is 4.78. The topological polar surface area (TPSA) is 21.3 Å². The van der Waals surface area contributed by atoms with Crippen LogP contribution in [0.2, 0.25) is 0 Å². The van der Waals surface area contributed by atoms with E-state index in [4.69, 9.17) is 0 Å². The number of fused-ring (bicyclic) bond motifs is 3. The van der Waals surface area contributed by atoms with Gasteiger partial charge in [-0.15, -0.1) is 0 Å². The Kier molecular flexibility index (Phi) is 4.75. The number of piperidine rings is 1. The van der Waals surface area contributed by atoms with Crippen LogP contribution in [0.15, 0.2) is 18.2 Å². The van der Waals surface area contributed by atoms with Crippen molar-refractivity contribution < 1.29 is 13.5 Å². The van der Waals surface area contributed by atoms with Crippen molar-refractivity contribution in [3.05, 3.63) is 29.3 Å². The van der Waals surface area contributed by atoms with E-state index in [0.717, 1.165) is 18.5 Å². The molecule has 1 aromatic carbocycles. The van der Waals surface area contributed by atoms with Crippen LogP contribution in [-0.2, 0) is 6.42 Å². The fourth-order valence-corrected chi connectivity index (χ4v) is 3.06. The summed E-state index contributed by atoms with van der Waals surface area (Å²) >= 11 is 0. The van der Waals surface area contributed by atoms with E-state index in [2.05, 4.69) is 10.1 Å². The molecule has 0 bridgehead atoms. The van der Waals surface area contributed by atoms with Gasteiger partial charge in [-0.05, 0) is 55.0 Å². The van der Waals surface area contributed by atoms with Crippen LogP contribution in [0.4, 0.5) is 8.78 Å². The molecule has 3 rings (SSSR count). The molecule has 1 N–H and O–H groups in total. The summed E-state index contributed by atoms with van der Waals surface area (Å²) in [6, 6.07) is 5.75. The van der Waals surface area contributed by atoms with Gasteiger partial charge < -0.3 is 10.1 Å². The van der Waals surface area contributed by atoms with E-state index in [-0.39, 0.29) is 5.75 Å². The second kappa shape index (κ2) is 6.33. The molecular weight excluding hydrogens is 248 g/mol. The number of halogens is 2. The zero-order chi connectivity index (χ0) is 13.8. The van der Waals surface area contributed by atoms with Crippen molar-refractivity contribution in [2.45, 2.75) is 45.8 Å². The van der Waals surface area contributed by atoms with Gasteiger partial charge in [0.05, 0.1) is 0 Å². The van der Waals surface area contributed by atoms with Gasteiger partial charge >= 0.3 is 6.61 Å². The smallest absolute Gasteiger partial charge is 0.387 e. The molecule has 0 radical (unpaired) electrons. The van der Waals surface area contributed by atoms with Crippen LogP contribution in [0.25, 0.3) is 0 Å². The van der Waals surface area contributed by atoms with E-state index >= 15 is 0 Å². The summed E-state index contributed by atoms with van der Waals surface area (Å²) in [7, 11) is 0. The largest absolute Gasteiger partial charge is 0.435 e. The van der Waals surface area contributed by atoms with Crippen LogP contribution in [-0.4, -0.2) is 13.2 Å². The van der Waals surface area contributed by atoms with Crippen molar-refractivity contribution in [1.29, 1.82) is 0 Å². The first-order chi connectivity index (χ1) is 9.24. The lowest BCUT2D eigenvalue weighted by molar-refractivity contribution is -0.0498. The number of hydrogen-bond donors (Lipinski definition) is 1. The SMILES string of the molecule is CC.FC(F)Oc1ccc2c(c1)CC1CCCNC21. The summed E-state index contributed by atoms with van der Waals surface area (Å²) in [6.07, 6.45) is 3.40. The average molecular weight is 269 g/mol. The number of ether oxygens (including phenoxy) is 1. The molecule has 0 saturated carbocycles. The maximum absolute atomic E-state index is 12.1. The van der Waals surface area contributed by atoms with Gasteiger partial charge in [-0.1, -0.05) is 19.9 Å². The van der Waals surface area contributed by atoms with Crippen LogP contribution < -0.4 is 10.1 Å². The number of hydrogen-bond acceptors (Lipinski definition) is 2. The highest BCUT2D eigenvalue weighted by Crippen LogP contribution is 2.41. The van der Waals surface area contributed by atoms with Crippen LogP contribution >= 0.6 is 0 Å². The van der Waals surface area contributed by atoms with Gasteiger partial charge in [0.1, 0.15) is 5.75 Å². The minimum absolute atomic E-state index is 0.275. The monoisotopic (exact) mass is 269 g/mol. The van der Waals surface area contributed by atoms with Crippen molar-refractivity contribution in [1.82, 2.24) is 5.32 Å². The lowest BCUT2D eigenvalue weighted by Gasteiger charge is -2.27. The minimum Gasteiger partial charge on any atom is -0.435 e. The fraction of sp³-hybridized carbons (Fsp3) is 0.600. The summed E-state index contributed by atoms with van der Waals surface area (Å²) < 4.78 is 28.7. The third-order valence-corrected chi connectivity index (χ3v) is 3.74. The molecule has 106 valence electrons. The number of rotatable bonds is 2. The van der Waals surface area contributed by atoms with E-state index in [1.807, 2.05) is 19.9 Å². The van der Waals surface area contributed by atoms with Crippen molar-refractivity contribution in [2.24, 2.45) is 5.92 Å². The maximum Gasteiger partial charge on any atom is 0.387 e. The molecule has 0 spiro atoms. The van der Waals surface area contributed by atoms with Gasteiger partial charge in [0.15, 0.2) is 0 Å². The summed E-state index contributed by atoms with van der Waals surface area (Å²) in [5.41, 5.74) is 2.42. The van der Waals surface area contributed by atoms with Crippen LogP contribution in [0, 0.1) is 5.92 Å². The Bertz CT molecular complexity index is 423. The van der Waals surface area contributed by atoms with Gasteiger partial charge in [-0.25, -0.2) is 0 Å². The molecule has 1 fully saturated rings. The molecule has 2 unspecified atom stereocenters. The second-order valence-corrected chi connectivity index (χ2v) is 4.78. The Labute approximate surface area is 113 Å². The first kappa shape index (κ1) is 14.3. The Morgan fingerprint density at radius 2 is 2.11 bits per heavy atom. The standard InChI is InChI=1S/C13H15F2NO.C2H6/c14-13(15)17-10-3-4-11-9(7-10)6-8-2-1-5-16-12(8)11;1-2/h3-4,7-8,12-13,16H,1-2,5-6H2;1-2H3. The Hall–Kier alpha value is -1.16. The molecule has 1 heterocycles. The molecule has 1 aliphatic carbocycles. The maximum atomic E-state index is 12.1. The van der Waals surface area contributed by atoms with Crippen molar-refractivity contribution in [3.63, 3.8) is 0 Å². The molecule has 1 saturated heterocycles. The molecule has 1 aliphatic heterocycles. The van der Waals surface area contributed by atoms with Crippen molar-refractivity contribution >= 4 is 0 Å². The van der Waals surface area contributed by atoms with E-state index in [9.17, 15) is 8.78 Å². The van der Waals surface area contributed by atoms with Crippen LogP contribution in [0.5, 0.6) is 5.75 Å². The number of alkyl halides is 2. The molecule has 1 aromatic rings. The zero-order valence-electron chi connectivity index (χ0n) is 11.5. The highest BCUT2D eigenvalue weighted by molar-refractivity contribution is 5.41. The Morgan fingerprint density at radius 1 is 1.32 bits per heavy atom. The molecule has 2 aliphatic rings. The Balaban J connectivity index is 0.000000637. The lowest BCUT2D eigenvalue weighted by atomic mass is 9.92. The van der Waals surface area contributed by atoms with Gasteiger partial charge in [0.25, 0.3) is 0 Å². The number of nitrogens with one attached hydrogen (secondary N) is 1. The van der Waals surface area contributed by atoms with Gasteiger partial charge in [-0.2, -0.15) is 8.78 Å². The third kappa shape index (κ3) is 3.06. The molecule has 2 atom stereocenters. The molecule has 19 heavy (non-hydrogen) atoms. The Morgan fingerprint density at radius 3 is 2.84 bits per heavy atom. The summed E-state index contributed by atoms with van der Waals surface area (Å²) in [4.78, 5) is 0. The van der Waals surface area contributed by atoms with E-state index in [1.165, 1.54) is 18.4 Å². The first-order valence-electron chi connectivity index (χ1n) is 7.05. The van der Waals surface area contributed by atoms with Crippen LogP contribution in [0.3, 0.4) is 0 Å². The quantitative estimate of drug-likeness (QED) is 0.879. The van der Waals surface area contributed by atoms with Crippen molar-refractivity contribution in [2.75, 3.05) is 6.54 Å². The van der Waals surface area contributed by atoms with E-state index < -0.39 is 6.61 Å². The third-order valence-electron chi connectivity index (χ3n) is 3.74. The molecule has 0 aromatic heterocycles. The molecule has 0 amide bonds.